The van der Waals surface area contributed by atoms with Gasteiger partial charge in [0.15, 0.2) is 11.5 Å². The Labute approximate surface area is 139 Å². The lowest BCUT2D eigenvalue weighted by Gasteiger charge is -2.19. The molecule has 0 aromatic heterocycles. The highest BCUT2D eigenvalue weighted by molar-refractivity contribution is 7.87. The van der Waals surface area contributed by atoms with Crippen LogP contribution in [-0.2, 0) is 22.0 Å². The van der Waals surface area contributed by atoms with Gasteiger partial charge in [-0.25, -0.2) is 0 Å². The minimum absolute atomic E-state index is 0.110. The summed E-state index contributed by atoms with van der Waals surface area (Å²) >= 11 is 0. The minimum Gasteiger partial charge on any atom is -0.504 e. The third kappa shape index (κ3) is 4.96. The van der Waals surface area contributed by atoms with Crippen molar-refractivity contribution in [1.82, 2.24) is 0 Å². The molecule has 23 heavy (non-hydrogen) atoms. The van der Waals surface area contributed by atoms with Gasteiger partial charge in [0.05, 0.1) is 16.6 Å². The molecule has 1 unspecified atom stereocenters. The van der Waals surface area contributed by atoms with Crippen LogP contribution in [0.2, 0.25) is 0 Å². The van der Waals surface area contributed by atoms with Crippen molar-refractivity contribution in [3.8, 4) is 11.5 Å². The number of aromatic hydroxyl groups is 2. The van der Waals surface area contributed by atoms with Gasteiger partial charge in [0.2, 0.25) is 0 Å². The van der Waals surface area contributed by atoms with E-state index in [2.05, 4.69) is 32.9 Å². The van der Waals surface area contributed by atoms with Gasteiger partial charge in [0, 0.05) is 5.41 Å². The quantitative estimate of drug-likeness (QED) is 0.821. The van der Waals surface area contributed by atoms with Crippen LogP contribution in [0.5, 0.6) is 11.5 Å². The molecule has 1 atom stereocenters. The maximum atomic E-state index is 12.1. The Balaban J connectivity index is 2.01. The molecule has 0 fully saturated rings. The Morgan fingerprint density at radius 3 is 2.22 bits per heavy atom. The zero-order valence-corrected chi connectivity index (χ0v) is 14.4. The summed E-state index contributed by atoms with van der Waals surface area (Å²) in [5.74, 6) is 0.100. The third-order valence-corrected chi connectivity index (χ3v) is 4.60. The molecule has 0 aliphatic carbocycles. The molecule has 2 rings (SSSR count). The summed E-state index contributed by atoms with van der Waals surface area (Å²) in [5.41, 5.74) is 3.08. The van der Waals surface area contributed by atoms with Crippen LogP contribution in [0.25, 0.3) is 6.08 Å². The molecular formula is C19H22O3S. The number of benzene rings is 2. The van der Waals surface area contributed by atoms with Gasteiger partial charge in [-0.15, -0.1) is 0 Å². The predicted molar refractivity (Wildman–Crippen MR) is 95.8 cm³/mol. The van der Waals surface area contributed by atoms with E-state index in [-0.39, 0.29) is 16.9 Å². The number of hydrogen-bond acceptors (Lipinski definition) is 3. The highest BCUT2D eigenvalue weighted by atomic mass is 32.2. The second kappa shape index (κ2) is 7.01. The maximum Gasteiger partial charge on any atom is 0.157 e. The molecule has 0 radical (unpaired) electrons. The predicted octanol–water partition coefficient (Wildman–Crippen LogP) is 4.31. The van der Waals surface area contributed by atoms with E-state index in [1.807, 2.05) is 12.1 Å². The number of hydrogen-bond donors (Lipinski definition) is 2. The molecule has 0 aliphatic rings. The minimum atomic E-state index is -1.14. The molecule has 4 heteroatoms. The molecule has 2 aromatic rings. The SMILES string of the molecule is CC(C)(C)c1ccc(CS(=O)/C=C/c2ccc(O)c(O)c2)cc1. The molecule has 122 valence electrons. The van der Waals surface area contributed by atoms with Crippen LogP contribution in [0.1, 0.15) is 37.5 Å². The van der Waals surface area contributed by atoms with Gasteiger partial charge in [-0.1, -0.05) is 51.1 Å². The molecule has 0 bridgehead atoms. The average Bonchev–Trinajstić information content (AvgIpc) is 2.48. The topological polar surface area (TPSA) is 57.5 Å². The highest BCUT2D eigenvalue weighted by Crippen LogP contribution is 2.25. The van der Waals surface area contributed by atoms with Crippen molar-refractivity contribution in [2.75, 3.05) is 0 Å². The van der Waals surface area contributed by atoms with E-state index >= 15 is 0 Å². The Morgan fingerprint density at radius 2 is 1.65 bits per heavy atom. The summed E-state index contributed by atoms with van der Waals surface area (Å²) in [4.78, 5) is 0. The second-order valence-corrected chi connectivity index (χ2v) is 7.85. The van der Waals surface area contributed by atoms with Gasteiger partial charge in [0.1, 0.15) is 0 Å². The van der Waals surface area contributed by atoms with Crippen LogP contribution in [0.4, 0.5) is 0 Å². The standard InChI is InChI=1S/C19H22O3S/c1-19(2,3)16-7-4-15(5-8-16)13-23(22)11-10-14-6-9-17(20)18(21)12-14/h4-12,20-21H,13H2,1-3H3/b11-10+. The van der Waals surface area contributed by atoms with Crippen molar-refractivity contribution in [3.63, 3.8) is 0 Å². The first-order chi connectivity index (χ1) is 10.8. The van der Waals surface area contributed by atoms with Crippen LogP contribution >= 0.6 is 0 Å². The molecule has 2 aromatic carbocycles. The summed E-state index contributed by atoms with van der Waals surface area (Å²) in [6, 6.07) is 12.7. The number of phenolic OH excluding ortho intramolecular Hbond substituents is 2. The van der Waals surface area contributed by atoms with E-state index in [1.165, 1.54) is 17.7 Å². The fraction of sp³-hybridized carbons (Fsp3) is 0.263. The summed E-state index contributed by atoms with van der Waals surface area (Å²) < 4.78 is 12.1. The zero-order valence-electron chi connectivity index (χ0n) is 13.6. The fourth-order valence-corrected chi connectivity index (χ4v) is 3.04. The van der Waals surface area contributed by atoms with Crippen molar-refractivity contribution >= 4 is 16.9 Å². The van der Waals surface area contributed by atoms with E-state index in [0.717, 1.165) is 5.56 Å². The monoisotopic (exact) mass is 330 g/mol. The Kier molecular flexibility index (Phi) is 5.26. The summed E-state index contributed by atoms with van der Waals surface area (Å²) in [7, 11) is -1.14. The van der Waals surface area contributed by atoms with Gasteiger partial charge in [-0.3, -0.25) is 4.21 Å². The molecule has 2 N–H and O–H groups in total. The second-order valence-electron chi connectivity index (χ2n) is 6.52. The number of phenols is 2. The van der Waals surface area contributed by atoms with Gasteiger partial charge >= 0.3 is 0 Å². The molecule has 0 amide bonds. The van der Waals surface area contributed by atoms with Gasteiger partial charge in [-0.2, -0.15) is 0 Å². The Bertz CT molecular complexity index is 725. The molecule has 0 saturated heterocycles. The highest BCUT2D eigenvalue weighted by Gasteiger charge is 2.12. The summed E-state index contributed by atoms with van der Waals surface area (Å²) in [6.07, 6.45) is 1.68. The lowest BCUT2D eigenvalue weighted by atomic mass is 9.87. The Morgan fingerprint density at radius 1 is 1.00 bits per heavy atom. The largest absolute Gasteiger partial charge is 0.504 e. The first kappa shape index (κ1) is 17.3. The van der Waals surface area contributed by atoms with Crippen molar-refractivity contribution in [3.05, 3.63) is 64.6 Å². The van der Waals surface area contributed by atoms with E-state index in [1.54, 1.807) is 17.6 Å². The van der Waals surface area contributed by atoms with Gasteiger partial charge in [-0.05, 0) is 40.3 Å². The third-order valence-electron chi connectivity index (χ3n) is 3.54. The van der Waals surface area contributed by atoms with Crippen LogP contribution in [0.3, 0.4) is 0 Å². The molecular weight excluding hydrogens is 308 g/mol. The fourth-order valence-electron chi connectivity index (χ4n) is 2.11. The lowest BCUT2D eigenvalue weighted by Crippen LogP contribution is -2.10. The van der Waals surface area contributed by atoms with Crippen molar-refractivity contribution in [1.29, 1.82) is 0 Å². The van der Waals surface area contributed by atoms with E-state index in [4.69, 9.17) is 0 Å². The van der Waals surface area contributed by atoms with E-state index < -0.39 is 10.8 Å². The lowest BCUT2D eigenvalue weighted by molar-refractivity contribution is 0.403. The normalized spacial score (nSPS) is 13.3. The van der Waals surface area contributed by atoms with Crippen molar-refractivity contribution < 1.29 is 14.4 Å². The Hall–Kier alpha value is -2.07. The maximum absolute atomic E-state index is 12.1. The summed E-state index contributed by atoms with van der Waals surface area (Å²) in [6.45, 7) is 6.49. The van der Waals surface area contributed by atoms with Crippen molar-refractivity contribution in [2.45, 2.75) is 31.9 Å². The van der Waals surface area contributed by atoms with Crippen LogP contribution < -0.4 is 0 Å². The zero-order chi connectivity index (χ0) is 17.0. The van der Waals surface area contributed by atoms with Crippen LogP contribution in [0, 0.1) is 0 Å². The molecule has 0 saturated carbocycles. The number of rotatable bonds is 4. The van der Waals surface area contributed by atoms with Gasteiger partial charge in [0.25, 0.3) is 0 Å². The van der Waals surface area contributed by atoms with Crippen LogP contribution in [0.15, 0.2) is 47.9 Å². The van der Waals surface area contributed by atoms with E-state index in [0.29, 0.717) is 11.3 Å². The smallest absolute Gasteiger partial charge is 0.157 e. The first-order valence-electron chi connectivity index (χ1n) is 7.42. The summed E-state index contributed by atoms with van der Waals surface area (Å²) in [5, 5.41) is 20.3. The van der Waals surface area contributed by atoms with Gasteiger partial charge < -0.3 is 10.2 Å². The molecule has 3 nitrogen and oxygen atoms in total. The van der Waals surface area contributed by atoms with Crippen molar-refractivity contribution in [2.24, 2.45) is 0 Å². The molecule has 0 spiro atoms. The molecule has 0 heterocycles. The van der Waals surface area contributed by atoms with E-state index in [9.17, 15) is 14.4 Å². The average molecular weight is 330 g/mol. The van der Waals surface area contributed by atoms with Crippen LogP contribution in [-0.4, -0.2) is 14.4 Å². The first-order valence-corrected chi connectivity index (χ1v) is 8.81. The molecule has 0 aliphatic heterocycles.